The number of carbonyl (C=O) groups is 1. The lowest BCUT2D eigenvalue weighted by atomic mass is 9.86. The fourth-order valence-electron chi connectivity index (χ4n) is 1.72. The first-order valence-electron chi connectivity index (χ1n) is 6.36. The van der Waals surface area contributed by atoms with E-state index in [4.69, 9.17) is 5.73 Å². The number of anilines is 1. The minimum Gasteiger partial charge on any atom is -0.327 e. The summed E-state index contributed by atoms with van der Waals surface area (Å²) in [5.74, 6) is -0.0286. The molecule has 0 saturated carbocycles. The van der Waals surface area contributed by atoms with Crippen molar-refractivity contribution >= 4 is 11.6 Å². The standard InChI is InChI=1S/C15H24N2O/c1-10-6-7-12(15(3,4)5)9-13(10)17-14(18)8-11(2)16/h6-7,9,11H,8,16H2,1-5H3,(H,17,18). The maximum atomic E-state index is 11.7. The zero-order valence-electron chi connectivity index (χ0n) is 12.0. The molecule has 0 heterocycles. The highest BCUT2D eigenvalue weighted by Gasteiger charge is 2.15. The van der Waals surface area contributed by atoms with E-state index in [0.717, 1.165) is 11.3 Å². The van der Waals surface area contributed by atoms with E-state index >= 15 is 0 Å². The molecule has 18 heavy (non-hydrogen) atoms. The summed E-state index contributed by atoms with van der Waals surface area (Å²) in [5.41, 5.74) is 8.87. The quantitative estimate of drug-likeness (QED) is 0.864. The molecule has 1 amide bonds. The molecule has 0 radical (unpaired) electrons. The monoisotopic (exact) mass is 248 g/mol. The molecule has 0 fully saturated rings. The Bertz CT molecular complexity index is 431. The zero-order valence-corrected chi connectivity index (χ0v) is 12.0. The Hall–Kier alpha value is -1.35. The van der Waals surface area contributed by atoms with Gasteiger partial charge in [0.25, 0.3) is 0 Å². The summed E-state index contributed by atoms with van der Waals surface area (Å²) in [6.07, 6.45) is 0.346. The van der Waals surface area contributed by atoms with Gasteiger partial charge in [-0.3, -0.25) is 4.79 Å². The van der Waals surface area contributed by atoms with E-state index in [1.807, 2.05) is 19.9 Å². The molecule has 3 N–H and O–H groups in total. The Morgan fingerprint density at radius 3 is 2.50 bits per heavy atom. The summed E-state index contributed by atoms with van der Waals surface area (Å²) in [7, 11) is 0. The Balaban J connectivity index is 2.92. The molecule has 0 aliphatic heterocycles. The first-order chi connectivity index (χ1) is 8.20. The summed E-state index contributed by atoms with van der Waals surface area (Å²) in [6.45, 7) is 10.3. The second-order valence-electron chi connectivity index (χ2n) is 6.01. The number of carbonyl (C=O) groups excluding carboxylic acids is 1. The smallest absolute Gasteiger partial charge is 0.225 e. The van der Waals surface area contributed by atoms with Gasteiger partial charge in [0.05, 0.1) is 0 Å². The molecule has 1 aromatic carbocycles. The van der Waals surface area contributed by atoms with E-state index in [2.05, 4.69) is 38.2 Å². The van der Waals surface area contributed by atoms with Crippen LogP contribution in [-0.2, 0) is 10.2 Å². The maximum Gasteiger partial charge on any atom is 0.225 e. The Kier molecular flexibility index (Phi) is 4.52. The molecule has 0 bridgehead atoms. The molecule has 3 nitrogen and oxygen atoms in total. The van der Waals surface area contributed by atoms with E-state index < -0.39 is 0 Å². The van der Waals surface area contributed by atoms with Gasteiger partial charge in [0.1, 0.15) is 0 Å². The number of nitrogens with one attached hydrogen (secondary N) is 1. The number of hydrogen-bond acceptors (Lipinski definition) is 2. The zero-order chi connectivity index (χ0) is 13.9. The lowest BCUT2D eigenvalue weighted by Crippen LogP contribution is -2.24. The highest BCUT2D eigenvalue weighted by Crippen LogP contribution is 2.26. The highest BCUT2D eigenvalue weighted by atomic mass is 16.1. The highest BCUT2D eigenvalue weighted by molar-refractivity contribution is 5.91. The Labute approximate surface area is 110 Å². The molecular weight excluding hydrogens is 224 g/mol. The van der Waals surface area contributed by atoms with Crippen molar-refractivity contribution in [2.45, 2.75) is 52.5 Å². The molecule has 0 aliphatic carbocycles. The van der Waals surface area contributed by atoms with Gasteiger partial charge in [0.15, 0.2) is 0 Å². The molecule has 100 valence electrons. The molecule has 1 rings (SSSR count). The minimum atomic E-state index is -0.115. The lowest BCUT2D eigenvalue weighted by molar-refractivity contribution is -0.116. The summed E-state index contributed by atoms with van der Waals surface area (Å²) >= 11 is 0. The van der Waals surface area contributed by atoms with Crippen LogP contribution >= 0.6 is 0 Å². The van der Waals surface area contributed by atoms with Gasteiger partial charge in [-0.15, -0.1) is 0 Å². The molecule has 1 unspecified atom stereocenters. The molecule has 0 aliphatic rings. The van der Waals surface area contributed by atoms with Crippen LogP contribution < -0.4 is 11.1 Å². The number of amides is 1. The van der Waals surface area contributed by atoms with Crippen LogP contribution in [0.25, 0.3) is 0 Å². The van der Waals surface area contributed by atoms with Crippen LogP contribution in [0.1, 0.15) is 45.2 Å². The minimum absolute atomic E-state index is 0.0286. The third-order valence-electron chi connectivity index (χ3n) is 2.89. The summed E-state index contributed by atoms with van der Waals surface area (Å²) in [5, 5.41) is 2.94. The largest absolute Gasteiger partial charge is 0.327 e. The van der Waals surface area contributed by atoms with Crippen molar-refractivity contribution in [2.75, 3.05) is 5.32 Å². The average Bonchev–Trinajstić information content (AvgIpc) is 2.18. The fourth-order valence-corrected chi connectivity index (χ4v) is 1.72. The third kappa shape index (κ3) is 4.15. The molecule has 3 heteroatoms. The predicted octanol–water partition coefficient (Wildman–Crippen LogP) is 2.97. The van der Waals surface area contributed by atoms with E-state index in [9.17, 15) is 4.79 Å². The molecule has 1 aromatic rings. The topological polar surface area (TPSA) is 55.1 Å². The van der Waals surface area contributed by atoms with E-state index in [-0.39, 0.29) is 17.4 Å². The van der Waals surface area contributed by atoms with Crippen LogP contribution in [0, 0.1) is 6.92 Å². The van der Waals surface area contributed by atoms with Gasteiger partial charge in [-0.05, 0) is 36.5 Å². The van der Waals surface area contributed by atoms with Gasteiger partial charge in [0.2, 0.25) is 5.91 Å². The van der Waals surface area contributed by atoms with Gasteiger partial charge in [-0.25, -0.2) is 0 Å². The van der Waals surface area contributed by atoms with E-state index in [1.54, 1.807) is 0 Å². The van der Waals surface area contributed by atoms with Crippen LogP contribution in [-0.4, -0.2) is 11.9 Å². The van der Waals surface area contributed by atoms with Crippen molar-refractivity contribution < 1.29 is 4.79 Å². The lowest BCUT2D eigenvalue weighted by Gasteiger charge is -2.21. The first-order valence-corrected chi connectivity index (χ1v) is 6.36. The van der Waals surface area contributed by atoms with E-state index in [0.29, 0.717) is 6.42 Å². The summed E-state index contributed by atoms with van der Waals surface area (Å²) < 4.78 is 0. The average molecular weight is 248 g/mol. The molecular formula is C15H24N2O. The van der Waals surface area contributed by atoms with Gasteiger partial charge >= 0.3 is 0 Å². The number of benzene rings is 1. The second kappa shape index (κ2) is 5.53. The predicted molar refractivity (Wildman–Crippen MR) is 76.8 cm³/mol. The van der Waals surface area contributed by atoms with Gasteiger partial charge in [-0.1, -0.05) is 32.9 Å². The van der Waals surface area contributed by atoms with Gasteiger partial charge in [-0.2, -0.15) is 0 Å². The van der Waals surface area contributed by atoms with Crippen LogP contribution in [0.3, 0.4) is 0 Å². The second-order valence-corrected chi connectivity index (χ2v) is 6.01. The van der Waals surface area contributed by atoms with Crippen LogP contribution in [0.15, 0.2) is 18.2 Å². The molecule has 1 atom stereocenters. The number of hydrogen-bond donors (Lipinski definition) is 2. The fraction of sp³-hybridized carbons (Fsp3) is 0.533. The summed E-state index contributed by atoms with van der Waals surface area (Å²) in [6, 6.07) is 6.09. The van der Waals surface area contributed by atoms with Gasteiger partial charge < -0.3 is 11.1 Å². The van der Waals surface area contributed by atoms with E-state index in [1.165, 1.54) is 5.56 Å². The molecule has 0 saturated heterocycles. The van der Waals surface area contributed by atoms with Crippen molar-refractivity contribution in [3.8, 4) is 0 Å². The van der Waals surface area contributed by atoms with Crippen LogP contribution in [0.2, 0.25) is 0 Å². The maximum absolute atomic E-state index is 11.7. The van der Waals surface area contributed by atoms with Crippen molar-refractivity contribution in [3.63, 3.8) is 0 Å². The first kappa shape index (κ1) is 14.7. The summed E-state index contributed by atoms with van der Waals surface area (Å²) in [4.78, 5) is 11.7. The number of aryl methyl sites for hydroxylation is 1. The van der Waals surface area contributed by atoms with Crippen molar-refractivity contribution in [1.29, 1.82) is 0 Å². The Morgan fingerprint density at radius 1 is 1.39 bits per heavy atom. The van der Waals surface area contributed by atoms with Gasteiger partial charge in [0, 0.05) is 18.2 Å². The molecule has 0 spiro atoms. The van der Waals surface area contributed by atoms with Crippen molar-refractivity contribution in [1.82, 2.24) is 0 Å². The third-order valence-corrected chi connectivity index (χ3v) is 2.89. The number of rotatable bonds is 3. The van der Waals surface area contributed by atoms with Crippen LogP contribution in [0.4, 0.5) is 5.69 Å². The molecule has 0 aromatic heterocycles. The van der Waals surface area contributed by atoms with Crippen molar-refractivity contribution in [3.05, 3.63) is 29.3 Å². The number of nitrogens with two attached hydrogens (primary N) is 1. The van der Waals surface area contributed by atoms with Crippen LogP contribution in [0.5, 0.6) is 0 Å². The normalized spacial score (nSPS) is 13.2. The SMILES string of the molecule is Cc1ccc(C(C)(C)C)cc1NC(=O)CC(C)N. The Morgan fingerprint density at radius 2 is 2.00 bits per heavy atom. The van der Waals surface area contributed by atoms with Crippen molar-refractivity contribution in [2.24, 2.45) is 5.73 Å².